The molecule has 0 radical (unpaired) electrons. The third-order valence-electron chi connectivity index (χ3n) is 4.87. The van der Waals surface area contributed by atoms with Crippen molar-refractivity contribution in [1.29, 1.82) is 0 Å². The minimum atomic E-state index is -0.153. The van der Waals surface area contributed by atoms with E-state index in [0.29, 0.717) is 24.3 Å². The summed E-state index contributed by atoms with van der Waals surface area (Å²) in [5.74, 6) is -0.184. The number of carbonyl (C=O) groups is 2. The molecule has 0 aliphatic carbocycles. The van der Waals surface area contributed by atoms with Crippen LogP contribution >= 0.6 is 11.3 Å². The van der Waals surface area contributed by atoms with Gasteiger partial charge in [0.1, 0.15) is 0 Å². The van der Waals surface area contributed by atoms with Crippen LogP contribution in [0.1, 0.15) is 40.7 Å². The summed E-state index contributed by atoms with van der Waals surface area (Å²) in [6, 6.07) is 21.2. The maximum Gasteiger partial charge on any atom is 0.253 e. The predicted octanol–water partition coefficient (Wildman–Crippen LogP) is 4.55. The van der Waals surface area contributed by atoms with Crippen molar-refractivity contribution in [1.82, 2.24) is 10.2 Å². The Morgan fingerprint density at radius 3 is 2.40 bits per heavy atom. The van der Waals surface area contributed by atoms with Crippen molar-refractivity contribution < 1.29 is 9.59 Å². The molecule has 0 saturated carbocycles. The molecule has 0 spiro atoms. The van der Waals surface area contributed by atoms with Gasteiger partial charge in [0.15, 0.2) is 0 Å². The Hall–Kier alpha value is -2.96. The lowest BCUT2D eigenvalue weighted by molar-refractivity contribution is -0.115. The molecule has 3 aromatic rings. The fourth-order valence-electron chi connectivity index (χ4n) is 3.31. The van der Waals surface area contributed by atoms with Gasteiger partial charge in [-0.2, -0.15) is 0 Å². The average Bonchev–Trinajstić information content (AvgIpc) is 3.30. The van der Waals surface area contributed by atoms with Gasteiger partial charge in [-0.1, -0.05) is 42.5 Å². The van der Waals surface area contributed by atoms with E-state index in [1.54, 1.807) is 40.5 Å². The zero-order chi connectivity index (χ0) is 21.3. The number of rotatable bonds is 9. The van der Waals surface area contributed by atoms with Crippen molar-refractivity contribution in [3.8, 4) is 0 Å². The molecule has 0 aliphatic rings. The number of hydrogen-bond donors (Lipinski definition) is 2. The smallest absolute Gasteiger partial charge is 0.253 e. The lowest BCUT2D eigenvalue weighted by Gasteiger charge is -2.19. The molecule has 6 heteroatoms. The molecule has 0 saturated heterocycles. The van der Waals surface area contributed by atoms with Crippen LogP contribution in [-0.4, -0.2) is 36.3 Å². The zero-order valence-corrected chi connectivity index (χ0v) is 18.1. The lowest BCUT2D eigenvalue weighted by Crippen LogP contribution is -2.32. The van der Waals surface area contributed by atoms with Crippen LogP contribution in [0.15, 0.2) is 72.1 Å². The third kappa shape index (κ3) is 5.55. The minimum Gasteiger partial charge on any atom is -0.339 e. The molecule has 2 N–H and O–H groups in total. The number of carbonyl (C=O) groups excluding carboxylic acids is 2. The van der Waals surface area contributed by atoms with Crippen LogP contribution in [0.2, 0.25) is 0 Å². The van der Waals surface area contributed by atoms with Crippen molar-refractivity contribution in [3.05, 3.63) is 88.1 Å². The molecule has 1 aromatic heterocycles. The highest BCUT2D eigenvalue weighted by Crippen LogP contribution is 2.25. The molecule has 3 rings (SSSR count). The van der Waals surface area contributed by atoms with Crippen molar-refractivity contribution in [2.24, 2.45) is 0 Å². The first-order chi connectivity index (χ1) is 14.6. The van der Waals surface area contributed by atoms with E-state index in [2.05, 4.69) is 28.8 Å². The molecule has 156 valence electrons. The van der Waals surface area contributed by atoms with E-state index in [4.69, 9.17) is 0 Å². The molecular formula is C24H27N3O2S. The Kier molecular flexibility index (Phi) is 7.76. The second-order valence-electron chi connectivity index (χ2n) is 6.85. The maximum absolute atomic E-state index is 12.6. The average molecular weight is 422 g/mol. The number of amides is 2. The van der Waals surface area contributed by atoms with Gasteiger partial charge >= 0.3 is 0 Å². The predicted molar refractivity (Wildman–Crippen MR) is 123 cm³/mol. The molecular weight excluding hydrogens is 394 g/mol. The van der Waals surface area contributed by atoms with Crippen molar-refractivity contribution in [3.63, 3.8) is 0 Å². The first-order valence-corrected chi connectivity index (χ1v) is 11.0. The van der Waals surface area contributed by atoms with E-state index >= 15 is 0 Å². The van der Waals surface area contributed by atoms with Crippen molar-refractivity contribution >= 4 is 28.8 Å². The second kappa shape index (κ2) is 10.7. The summed E-state index contributed by atoms with van der Waals surface area (Å²) in [4.78, 5) is 28.0. The SMILES string of the molecule is CCN(CC)C(=O)c1cccc(NC(=O)CN[C@H](c2ccccc2)c2cccs2)c1. The standard InChI is InChI=1S/C24H27N3O2S/c1-3-27(4-2)24(29)19-12-8-13-20(16-19)26-22(28)17-25-23(21-14-9-15-30-21)18-10-6-5-7-11-18/h5-16,23,25H,3-4,17H2,1-2H3,(H,26,28)/t23-/m1/s1. The Morgan fingerprint density at radius 1 is 0.967 bits per heavy atom. The molecule has 2 aromatic carbocycles. The first kappa shape index (κ1) is 21.7. The van der Waals surface area contributed by atoms with E-state index < -0.39 is 0 Å². The molecule has 0 aliphatic heterocycles. The normalized spacial score (nSPS) is 11.7. The number of nitrogens with zero attached hydrogens (tertiary/aromatic N) is 1. The van der Waals surface area contributed by atoms with Gasteiger partial charge in [-0.25, -0.2) is 0 Å². The largest absolute Gasteiger partial charge is 0.339 e. The van der Waals surface area contributed by atoms with Gasteiger partial charge in [0.05, 0.1) is 12.6 Å². The molecule has 1 heterocycles. The highest BCUT2D eigenvalue weighted by atomic mass is 32.1. The maximum atomic E-state index is 12.6. The molecule has 5 nitrogen and oxygen atoms in total. The van der Waals surface area contributed by atoms with E-state index in [1.807, 2.05) is 43.5 Å². The van der Waals surface area contributed by atoms with Crippen molar-refractivity contribution in [2.75, 3.05) is 25.0 Å². The molecule has 2 amide bonds. The summed E-state index contributed by atoms with van der Waals surface area (Å²) < 4.78 is 0. The Bertz CT molecular complexity index is 954. The van der Waals surface area contributed by atoms with E-state index in [9.17, 15) is 9.59 Å². The quantitative estimate of drug-likeness (QED) is 0.533. The molecule has 0 unspecified atom stereocenters. The van der Waals surface area contributed by atoms with Crippen LogP contribution in [-0.2, 0) is 4.79 Å². The Labute approximate surface area is 181 Å². The summed E-state index contributed by atoms with van der Waals surface area (Å²) in [5, 5.41) is 8.28. The number of anilines is 1. The fourth-order valence-corrected chi connectivity index (χ4v) is 4.13. The number of benzene rings is 2. The van der Waals surface area contributed by atoms with Crippen LogP contribution in [0.3, 0.4) is 0 Å². The van der Waals surface area contributed by atoms with Crippen LogP contribution in [0.5, 0.6) is 0 Å². The lowest BCUT2D eigenvalue weighted by atomic mass is 10.1. The fraction of sp³-hybridized carbons (Fsp3) is 0.250. The van der Waals surface area contributed by atoms with Gasteiger partial charge < -0.3 is 10.2 Å². The number of hydrogen-bond acceptors (Lipinski definition) is 4. The summed E-state index contributed by atoms with van der Waals surface area (Å²) in [7, 11) is 0. The van der Waals surface area contributed by atoms with Crippen LogP contribution in [0.25, 0.3) is 0 Å². The summed E-state index contributed by atoms with van der Waals surface area (Å²) in [6.07, 6.45) is 0. The molecule has 1 atom stereocenters. The Balaban J connectivity index is 1.65. The van der Waals surface area contributed by atoms with Gasteiger partial charge in [-0.05, 0) is 49.1 Å². The van der Waals surface area contributed by atoms with Gasteiger partial charge in [0.25, 0.3) is 5.91 Å². The van der Waals surface area contributed by atoms with Gasteiger partial charge in [-0.3, -0.25) is 14.9 Å². The van der Waals surface area contributed by atoms with E-state index in [1.165, 1.54) is 0 Å². The monoisotopic (exact) mass is 421 g/mol. The minimum absolute atomic E-state index is 0.0314. The topological polar surface area (TPSA) is 61.4 Å². The first-order valence-electron chi connectivity index (χ1n) is 10.1. The van der Waals surface area contributed by atoms with E-state index in [-0.39, 0.29) is 24.4 Å². The summed E-state index contributed by atoms with van der Waals surface area (Å²) in [6.45, 7) is 5.37. The van der Waals surface area contributed by atoms with Gasteiger partial charge in [0.2, 0.25) is 5.91 Å². The molecule has 30 heavy (non-hydrogen) atoms. The summed E-state index contributed by atoms with van der Waals surface area (Å²) >= 11 is 1.66. The highest BCUT2D eigenvalue weighted by Gasteiger charge is 2.17. The second-order valence-corrected chi connectivity index (χ2v) is 7.83. The highest BCUT2D eigenvalue weighted by molar-refractivity contribution is 7.10. The van der Waals surface area contributed by atoms with Crippen LogP contribution in [0, 0.1) is 0 Å². The third-order valence-corrected chi connectivity index (χ3v) is 5.81. The van der Waals surface area contributed by atoms with Crippen molar-refractivity contribution in [2.45, 2.75) is 19.9 Å². The number of nitrogens with one attached hydrogen (secondary N) is 2. The van der Waals surface area contributed by atoms with Gasteiger partial charge in [0, 0.05) is 29.2 Å². The van der Waals surface area contributed by atoms with E-state index in [0.717, 1.165) is 10.4 Å². The van der Waals surface area contributed by atoms with Crippen LogP contribution in [0.4, 0.5) is 5.69 Å². The zero-order valence-electron chi connectivity index (χ0n) is 17.3. The molecule has 0 bridgehead atoms. The van der Waals surface area contributed by atoms with Gasteiger partial charge in [-0.15, -0.1) is 11.3 Å². The Morgan fingerprint density at radius 2 is 1.73 bits per heavy atom. The summed E-state index contributed by atoms with van der Waals surface area (Å²) in [5.41, 5.74) is 2.30. The van der Waals surface area contributed by atoms with Crippen LogP contribution < -0.4 is 10.6 Å². The molecule has 0 fully saturated rings. The number of thiophene rings is 1.